The van der Waals surface area contributed by atoms with E-state index in [-0.39, 0.29) is 11.5 Å². The fraction of sp³-hybridized carbons (Fsp3) is 0.231. The molecular weight excluding hydrogens is 216 g/mol. The Morgan fingerprint density at radius 3 is 2.53 bits per heavy atom. The molecule has 0 aliphatic carbocycles. The van der Waals surface area contributed by atoms with Crippen molar-refractivity contribution in [2.75, 3.05) is 5.32 Å². The number of nitrogens with one attached hydrogen (secondary N) is 2. The highest BCUT2D eigenvalue weighted by Crippen LogP contribution is 2.23. The second-order valence-electron chi connectivity index (χ2n) is 4.21. The Balaban J connectivity index is 2.71. The molecule has 0 saturated heterocycles. The second-order valence-corrected chi connectivity index (χ2v) is 4.21. The van der Waals surface area contributed by atoms with Gasteiger partial charge in [-0.25, -0.2) is 0 Å². The van der Waals surface area contributed by atoms with Gasteiger partial charge in [0.15, 0.2) is 0 Å². The molecule has 0 fully saturated rings. The topological polar surface area (TPSA) is 62.0 Å². The SMILES string of the molecule is CC(=O)Nc1cc2c(C)cc(=O)[nH]c2cc1C. The zero-order valence-corrected chi connectivity index (χ0v) is 10.0. The number of carbonyl (C=O) groups is 1. The lowest BCUT2D eigenvalue weighted by molar-refractivity contribution is -0.114. The Morgan fingerprint density at radius 1 is 1.18 bits per heavy atom. The summed E-state index contributed by atoms with van der Waals surface area (Å²) in [6.07, 6.45) is 0. The van der Waals surface area contributed by atoms with Crippen LogP contribution in [0.3, 0.4) is 0 Å². The first-order valence-electron chi connectivity index (χ1n) is 5.39. The number of aromatic nitrogens is 1. The molecule has 0 bridgehead atoms. The van der Waals surface area contributed by atoms with Gasteiger partial charge in [-0.05, 0) is 37.1 Å². The number of rotatable bonds is 1. The van der Waals surface area contributed by atoms with Gasteiger partial charge in [-0.1, -0.05) is 0 Å². The number of hydrogen-bond donors (Lipinski definition) is 2. The van der Waals surface area contributed by atoms with Crippen molar-refractivity contribution >= 4 is 22.5 Å². The molecule has 88 valence electrons. The summed E-state index contributed by atoms with van der Waals surface area (Å²) in [6.45, 7) is 5.25. The molecule has 4 nitrogen and oxygen atoms in total. The van der Waals surface area contributed by atoms with Crippen LogP contribution < -0.4 is 10.9 Å². The smallest absolute Gasteiger partial charge is 0.248 e. The van der Waals surface area contributed by atoms with Crippen LogP contribution in [0.5, 0.6) is 0 Å². The largest absolute Gasteiger partial charge is 0.326 e. The van der Waals surface area contributed by atoms with Crippen LogP contribution in [-0.4, -0.2) is 10.9 Å². The van der Waals surface area contributed by atoms with Gasteiger partial charge in [0.1, 0.15) is 0 Å². The summed E-state index contributed by atoms with van der Waals surface area (Å²) in [4.78, 5) is 25.2. The molecule has 0 aliphatic rings. The molecule has 1 amide bonds. The van der Waals surface area contributed by atoms with Crippen LogP contribution in [0.15, 0.2) is 23.0 Å². The predicted octanol–water partition coefficient (Wildman–Crippen LogP) is 2.10. The zero-order valence-electron chi connectivity index (χ0n) is 10.0. The molecule has 0 aliphatic heterocycles. The summed E-state index contributed by atoms with van der Waals surface area (Å²) in [5.41, 5.74) is 3.28. The van der Waals surface area contributed by atoms with Crippen molar-refractivity contribution < 1.29 is 4.79 Å². The highest BCUT2D eigenvalue weighted by molar-refractivity contribution is 5.94. The van der Waals surface area contributed by atoms with Crippen molar-refractivity contribution in [1.29, 1.82) is 0 Å². The monoisotopic (exact) mass is 230 g/mol. The molecule has 0 atom stereocenters. The number of hydrogen-bond acceptors (Lipinski definition) is 2. The Kier molecular flexibility index (Phi) is 2.71. The van der Waals surface area contributed by atoms with Gasteiger partial charge in [0.25, 0.3) is 0 Å². The number of benzene rings is 1. The lowest BCUT2D eigenvalue weighted by Crippen LogP contribution is -2.09. The molecule has 4 heteroatoms. The van der Waals surface area contributed by atoms with Crippen molar-refractivity contribution in [3.8, 4) is 0 Å². The first-order valence-corrected chi connectivity index (χ1v) is 5.39. The maximum Gasteiger partial charge on any atom is 0.248 e. The van der Waals surface area contributed by atoms with E-state index in [0.29, 0.717) is 0 Å². The van der Waals surface area contributed by atoms with Gasteiger partial charge >= 0.3 is 0 Å². The van der Waals surface area contributed by atoms with Gasteiger partial charge in [0.05, 0.1) is 0 Å². The van der Waals surface area contributed by atoms with Crippen LogP contribution in [0.25, 0.3) is 10.9 Å². The predicted molar refractivity (Wildman–Crippen MR) is 68.3 cm³/mol. The molecule has 0 radical (unpaired) electrons. The maximum absolute atomic E-state index is 11.4. The molecule has 0 saturated carbocycles. The lowest BCUT2D eigenvalue weighted by atomic mass is 10.1. The number of fused-ring (bicyclic) bond motifs is 1. The average Bonchev–Trinajstić information content (AvgIpc) is 2.19. The summed E-state index contributed by atoms with van der Waals surface area (Å²) in [6, 6.07) is 5.31. The maximum atomic E-state index is 11.4. The van der Waals surface area contributed by atoms with Gasteiger partial charge in [-0.15, -0.1) is 0 Å². The van der Waals surface area contributed by atoms with E-state index in [2.05, 4.69) is 10.3 Å². The normalized spacial score (nSPS) is 10.5. The third kappa shape index (κ3) is 2.20. The zero-order chi connectivity index (χ0) is 12.6. The van der Waals surface area contributed by atoms with Crippen molar-refractivity contribution in [2.45, 2.75) is 20.8 Å². The van der Waals surface area contributed by atoms with Crippen molar-refractivity contribution in [1.82, 2.24) is 4.98 Å². The Hall–Kier alpha value is -2.10. The first-order chi connectivity index (χ1) is 7.97. The number of pyridine rings is 1. The van der Waals surface area contributed by atoms with Crippen LogP contribution >= 0.6 is 0 Å². The minimum Gasteiger partial charge on any atom is -0.326 e. The highest BCUT2D eigenvalue weighted by Gasteiger charge is 2.05. The molecular formula is C13H14N2O2. The Morgan fingerprint density at radius 2 is 1.88 bits per heavy atom. The third-order valence-corrected chi connectivity index (χ3v) is 2.71. The van der Waals surface area contributed by atoms with Gasteiger partial charge < -0.3 is 10.3 Å². The van der Waals surface area contributed by atoms with E-state index in [1.165, 1.54) is 6.92 Å². The summed E-state index contributed by atoms with van der Waals surface area (Å²) < 4.78 is 0. The summed E-state index contributed by atoms with van der Waals surface area (Å²) in [5, 5.41) is 3.72. The van der Waals surface area contributed by atoms with E-state index in [9.17, 15) is 9.59 Å². The average molecular weight is 230 g/mol. The van der Waals surface area contributed by atoms with Gasteiger partial charge in [-0.2, -0.15) is 0 Å². The molecule has 1 aromatic carbocycles. The Bertz CT molecular complexity index is 656. The molecule has 2 aromatic rings. The van der Waals surface area contributed by atoms with E-state index in [1.807, 2.05) is 26.0 Å². The molecule has 1 aromatic heterocycles. The molecule has 17 heavy (non-hydrogen) atoms. The number of H-pyrrole nitrogens is 1. The molecule has 0 spiro atoms. The summed E-state index contributed by atoms with van der Waals surface area (Å²) >= 11 is 0. The number of carbonyl (C=O) groups excluding carboxylic acids is 1. The van der Waals surface area contributed by atoms with E-state index in [1.54, 1.807) is 6.07 Å². The minimum absolute atomic E-state index is 0.102. The van der Waals surface area contributed by atoms with Crippen molar-refractivity contribution in [2.24, 2.45) is 0 Å². The van der Waals surface area contributed by atoms with Crippen LogP contribution in [0.1, 0.15) is 18.1 Å². The fourth-order valence-corrected chi connectivity index (χ4v) is 1.91. The lowest BCUT2D eigenvalue weighted by Gasteiger charge is -2.09. The van der Waals surface area contributed by atoms with E-state index < -0.39 is 0 Å². The van der Waals surface area contributed by atoms with Gasteiger partial charge in [0.2, 0.25) is 11.5 Å². The molecule has 2 N–H and O–H groups in total. The Labute approximate surface area is 98.7 Å². The van der Waals surface area contributed by atoms with Gasteiger partial charge in [0, 0.05) is 29.6 Å². The molecule has 0 unspecified atom stereocenters. The molecule has 2 rings (SSSR count). The van der Waals surface area contributed by atoms with Crippen molar-refractivity contribution in [3.63, 3.8) is 0 Å². The number of aryl methyl sites for hydroxylation is 2. The third-order valence-electron chi connectivity index (χ3n) is 2.71. The standard InChI is InChI=1S/C13H14N2O2/c1-7-5-13(17)15-12-4-8(2)11(6-10(7)12)14-9(3)16/h4-6H,1-3H3,(H,14,16)(H,15,17). The fourth-order valence-electron chi connectivity index (χ4n) is 1.91. The van der Waals surface area contributed by atoms with Crippen LogP contribution in [0, 0.1) is 13.8 Å². The van der Waals surface area contributed by atoms with Crippen LogP contribution in [0.2, 0.25) is 0 Å². The second kappa shape index (κ2) is 4.05. The number of anilines is 1. The van der Waals surface area contributed by atoms with E-state index >= 15 is 0 Å². The van der Waals surface area contributed by atoms with Crippen LogP contribution in [-0.2, 0) is 4.79 Å². The number of aromatic amines is 1. The van der Waals surface area contributed by atoms with E-state index in [4.69, 9.17) is 0 Å². The minimum atomic E-state index is -0.110. The summed E-state index contributed by atoms with van der Waals surface area (Å²) in [5.74, 6) is -0.102. The summed E-state index contributed by atoms with van der Waals surface area (Å²) in [7, 11) is 0. The first kappa shape index (κ1) is 11.4. The van der Waals surface area contributed by atoms with Crippen molar-refractivity contribution in [3.05, 3.63) is 39.7 Å². The quantitative estimate of drug-likeness (QED) is 0.788. The van der Waals surface area contributed by atoms with Crippen LogP contribution in [0.4, 0.5) is 5.69 Å². The highest BCUT2D eigenvalue weighted by atomic mass is 16.1. The van der Waals surface area contributed by atoms with E-state index in [0.717, 1.165) is 27.7 Å². The van der Waals surface area contributed by atoms with Gasteiger partial charge in [-0.3, -0.25) is 9.59 Å². The number of amides is 1. The molecule has 1 heterocycles.